The van der Waals surface area contributed by atoms with Crippen LogP contribution in [0.2, 0.25) is 0 Å². The third-order valence-electron chi connectivity index (χ3n) is 4.59. The van der Waals surface area contributed by atoms with Crippen molar-refractivity contribution in [2.45, 2.75) is 24.7 Å². The molecule has 0 aliphatic carbocycles. The zero-order valence-corrected chi connectivity index (χ0v) is 16.9. The molecule has 162 valence electrons. The SMILES string of the molecule is CC(O)(C(NC(=O)c1ccccc1O)c1ncc(C(=O)c2ccccc2)s1)C(F)(F)F. The Kier molecular flexibility index (Phi) is 6.14. The van der Waals surface area contributed by atoms with Crippen LogP contribution in [-0.4, -0.2) is 38.7 Å². The average Bonchev–Trinajstić information content (AvgIpc) is 3.21. The van der Waals surface area contributed by atoms with Crippen LogP contribution in [0, 0.1) is 0 Å². The van der Waals surface area contributed by atoms with E-state index in [1.165, 1.54) is 24.3 Å². The highest BCUT2D eigenvalue weighted by Gasteiger charge is 2.57. The second kappa shape index (κ2) is 8.48. The molecule has 10 heteroatoms. The molecule has 1 amide bonds. The van der Waals surface area contributed by atoms with Crippen molar-refractivity contribution in [1.82, 2.24) is 10.3 Å². The number of phenols is 1. The molecule has 0 aliphatic rings. The third kappa shape index (κ3) is 4.59. The van der Waals surface area contributed by atoms with Gasteiger partial charge < -0.3 is 15.5 Å². The minimum atomic E-state index is -5.13. The predicted octanol–water partition coefficient (Wildman–Crippen LogP) is 3.86. The molecule has 1 heterocycles. The number of aliphatic hydroxyl groups is 1. The number of carbonyl (C=O) groups is 2. The first kappa shape index (κ1) is 22.4. The molecule has 3 N–H and O–H groups in total. The normalized spacial score (nSPS) is 14.5. The van der Waals surface area contributed by atoms with Crippen LogP contribution in [0.25, 0.3) is 0 Å². The number of amides is 1. The Bertz CT molecular complexity index is 1100. The summed E-state index contributed by atoms with van der Waals surface area (Å²) in [6.45, 7) is 0.503. The number of nitrogens with zero attached hydrogens (tertiary/aromatic N) is 1. The van der Waals surface area contributed by atoms with Gasteiger partial charge in [-0.25, -0.2) is 4.98 Å². The van der Waals surface area contributed by atoms with Gasteiger partial charge in [0.2, 0.25) is 5.78 Å². The third-order valence-corrected chi connectivity index (χ3v) is 5.65. The van der Waals surface area contributed by atoms with Gasteiger partial charge in [-0.1, -0.05) is 42.5 Å². The Morgan fingerprint density at radius 1 is 1.06 bits per heavy atom. The van der Waals surface area contributed by atoms with Crippen LogP contribution in [0.4, 0.5) is 13.2 Å². The summed E-state index contributed by atoms with van der Waals surface area (Å²) in [5.41, 5.74) is -3.37. The molecule has 6 nitrogen and oxygen atoms in total. The lowest BCUT2D eigenvalue weighted by atomic mass is 9.95. The quantitative estimate of drug-likeness (QED) is 0.495. The summed E-state index contributed by atoms with van der Waals surface area (Å²) in [7, 11) is 0. The molecule has 0 aliphatic heterocycles. The van der Waals surface area contributed by atoms with Crippen molar-refractivity contribution in [2.24, 2.45) is 0 Å². The van der Waals surface area contributed by atoms with Gasteiger partial charge in [0.05, 0.1) is 10.4 Å². The van der Waals surface area contributed by atoms with Crippen LogP contribution in [0.1, 0.15) is 43.6 Å². The highest BCUT2D eigenvalue weighted by Crippen LogP contribution is 2.41. The number of nitrogens with one attached hydrogen (secondary N) is 1. The zero-order chi connectivity index (χ0) is 22.8. The molecule has 3 rings (SSSR count). The van der Waals surface area contributed by atoms with Crippen molar-refractivity contribution in [3.05, 3.63) is 81.8 Å². The lowest BCUT2D eigenvalue weighted by molar-refractivity contribution is -0.263. The summed E-state index contributed by atoms with van der Waals surface area (Å²) in [5.74, 6) is -1.94. The molecule has 0 spiro atoms. The lowest BCUT2D eigenvalue weighted by Gasteiger charge is -2.33. The van der Waals surface area contributed by atoms with Gasteiger partial charge in [-0.05, 0) is 19.1 Å². The van der Waals surface area contributed by atoms with Crippen molar-refractivity contribution < 1.29 is 33.0 Å². The Labute approximate surface area is 179 Å². The molecule has 0 saturated carbocycles. The average molecular weight is 450 g/mol. The van der Waals surface area contributed by atoms with Crippen molar-refractivity contribution in [2.75, 3.05) is 0 Å². The van der Waals surface area contributed by atoms with Gasteiger partial charge in [0.15, 0.2) is 5.60 Å². The second-order valence-corrected chi connectivity index (χ2v) is 7.89. The zero-order valence-electron chi connectivity index (χ0n) is 16.1. The fourth-order valence-electron chi connectivity index (χ4n) is 2.74. The van der Waals surface area contributed by atoms with Crippen LogP contribution in [0.3, 0.4) is 0 Å². The van der Waals surface area contributed by atoms with Gasteiger partial charge in [0.1, 0.15) is 16.8 Å². The fraction of sp³-hybridized carbons (Fsp3) is 0.190. The van der Waals surface area contributed by atoms with Gasteiger partial charge in [0.25, 0.3) is 5.91 Å². The van der Waals surface area contributed by atoms with Gasteiger partial charge >= 0.3 is 6.18 Å². The molecular formula is C21H17F3N2O4S. The van der Waals surface area contributed by atoms with E-state index in [1.807, 2.05) is 0 Å². The molecular weight excluding hydrogens is 433 g/mol. The number of carbonyl (C=O) groups excluding carboxylic acids is 2. The van der Waals surface area contributed by atoms with Crippen molar-refractivity contribution >= 4 is 23.0 Å². The minimum Gasteiger partial charge on any atom is -0.507 e. The molecule has 3 aromatic rings. The number of rotatable bonds is 6. The summed E-state index contributed by atoms with van der Waals surface area (Å²) < 4.78 is 40.8. The summed E-state index contributed by atoms with van der Waals surface area (Å²) in [6, 6.07) is 11.3. The number of hydrogen-bond acceptors (Lipinski definition) is 6. The molecule has 2 unspecified atom stereocenters. The first-order chi connectivity index (χ1) is 14.5. The van der Waals surface area contributed by atoms with Gasteiger partial charge in [-0.15, -0.1) is 11.3 Å². The summed E-state index contributed by atoms with van der Waals surface area (Å²) >= 11 is 0.630. The van der Waals surface area contributed by atoms with E-state index in [4.69, 9.17) is 0 Å². The number of ketones is 1. The number of benzene rings is 2. The number of halogens is 3. The van der Waals surface area contributed by atoms with Gasteiger partial charge in [0, 0.05) is 11.8 Å². The van der Waals surface area contributed by atoms with E-state index < -0.39 is 35.3 Å². The number of alkyl halides is 3. The Morgan fingerprint density at radius 3 is 2.29 bits per heavy atom. The largest absolute Gasteiger partial charge is 0.507 e. The highest BCUT2D eigenvalue weighted by atomic mass is 32.1. The Hall–Kier alpha value is -3.24. The topological polar surface area (TPSA) is 99.5 Å². The summed E-state index contributed by atoms with van der Waals surface area (Å²) in [5, 5.41) is 21.9. The molecule has 2 atom stereocenters. The maximum atomic E-state index is 13.6. The number of hydrogen-bond donors (Lipinski definition) is 3. The van der Waals surface area contributed by atoms with Crippen LogP contribution >= 0.6 is 11.3 Å². The van der Waals surface area contributed by atoms with Crippen LogP contribution in [0.5, 0.6) is 5.75 Å². The number of thiazole rings is 1. The van der Waals surface area contributed by atoms with Crippen molar-refractivity contribution in [3.8, 4) is 5.75 Å². The predicted molar refractivity (Wildman–Crippen MR) is 107 cm³/mol. The van der Waals surface area contributed by atoms with Gasteiger partial charge in [-0.3, -0.25) is 9.59 Å². The van der Waals surface area contributed by atoms with E-state index in [-0.39, 0.29) is 15.4 Å². The van der Waals surface area contributed by atoms with E-state index in [2.05, 4.69) is 10.3 Å². The minimum absolute atomic E-state index is 0.0426. The first-order valence-electron chi connectivity index (χ1n) is 8.96. The number of aromatic hydroxyl groups is 1. The van der Waals surface area contributed by atoms with E-state index in [9.17, 15) is 33.0 Å². The molecule has 0 bridgehead atoms. The molecule has 31 heavy (non-hydrogen) atoms. The molecule has 2 aromatic carbocycles. The molecule has 0 fully saturated rings. The van der Waals surface area contributed by atoms with E-state index in [1.54, 1.807) is 30.3 Å². The summed E-state index contributed by atoms with van der Waals surface area (Å²) in [4.78, 5) is 29.0. The Morgan fingerprint density at radius 2 is 1.68 bits per heavy atom. The van der Waals surface area contributed by atoms with E-state index >= 15 is 0 Å². The van der Waals surface area contributed by atoms with Crippen LogP contribution < -0.4 is 5.32 Å². The van der Waals surface area contributed by atoms with E-state index in [0.717, 1.165) is 6.20 Å². The molecule has 1 aromatic heterocycles. The van der Waals surface area contributed by atoms with Gasteiger partial charge in [-0.2, -0.15) is 13.2 Å². The standard InChI is InChI=1S/C21H17F3N2O4S/c1-20(30,21(22,23)24)17(26-18(29)13-9-5-6-10-14(13)27)19-25-11-15(31-19)16(28)12-7-3-2-4-8-12/h2-11,17,27,30H,1H3,(H,26,29). The summed E-state index contributed by atoms with van der Waals surface area (Å²) in [6.07, 6.45) is -4.03. The number of para-hydroxylation sites is 1. The highest BCUT2D eigenvalue weighted by molar-refractivity contribution is 7.14. The maximum Gasteiger partial charge on any atom is 0.419 e. The number of aromatic nitrogens is 1. The molecule has 0 radical (unpaired) electrons. The van der Waals surface area contributed by atoms with Crippen LogP contribution in [-0.2, 0) is 0 Å². The lowest BCUT2D eigenvalue weighted by Crippen LogP contribution is -2.53. The first-order valence-corrected chi connectivity index (χ1v) is 9.77. The number of phenolic OH excluding ortho intramolecular Hbond substituents is 1. The van der Waals surface area contributed by atoms with E-state index in [0.29, 0.717) is 23.8 Å². The maximum absolute atomic E-state index is 13.6. The molecule has 0 saturated heterocycles. The second-order valence-electron chi connectivity index (χ2n) is 6.83. The van der Waals surface area contributed by atoms with Crippen molar-refractivity contribution in [3.63, 3.8) is 0 Å². The Balaban J connectivity index is 1.98. The fourth-order valence-corrected chi connectivity index (χ4v) is 3.79. The smallest absolute Gasteiger partial charge is 0.419 e. The van der Waals surface area contributed by atoms with Crippen LogP contribution in [0.15, 0.2) is 60.8 Å². The monoisotopic (exact) mass is 450 g/mol. The van der Waals surface area contributed by atoms with Crippen molar-refractivity contribution in [1.29, 1.82) is 0 Å².